The molecule has 1 saturated heterocycles. The van der Waals surface area contributed by atoms with Gasteiger partial charge in [-0.05, 0) is 37.5 Å². The summed E-state index contributed by atoms with van der Waals surface area (Å²) in [5.74, 6) is 0.137. The fraction of sp³-hybridized carbons (Fsp3) is 0.409. The van der Waals surface area contributed by atoms with Gasteiger partial charge in [-0.1, -0.05) is 30.3 Å². The first kappa shape index (κ1) is 22.1. The summed E-state index contributed by atoms with van der Waals surface area (Å²) in [4.78, 5) is 12.9. The quantitative estimate of drug-likeness (QED) is 0.727. The largest absolute Gasteiger partial charge is 0.497 e. The molecule has 1 amide bonds. The third-order valence-electron chi connectivity index (χ3n) is 5.40. The lowest BCUT2D eigenvalue weighted by atomic mass is 9.98. The Morgan fingerprint density at radius 1 is 1.13 bits per heavy atom. The number of ether oxygens (including phenoxy) is 2. The van der Waals surface area contributed by atoms with Crippen LogP contribution in [0.15, 0.2) is 53.4 Å². The molecule has 3 rings (SSSR count). The van der Waals surface area contributed by atoms with Gasteiger partial charge >= 0.3 is 0 Å². The first-order chi connectivity index (χ1) is 14.4. The molecule has 8 heteroatoms. The highest BCUT2D eigenvalue weighted by Gasteiger charge is 2.35. The molecule has 0 aliphatic carbocycles. The Morgan fingerprint density at radius 2 is 1.87 bits per heavy atom. The second-order valence-electron chi connectivity index (χ2n) is 7.36. The molecule has 0 spiro atoms. The van der Waals surface area contributed by atoms with Crippen molar-refractivity contribution in [1.82, 2.24) is 9.62 Å². The number of rotatable bonds is 7. The Morgan fingerprint density at radius 3 is 2.53 bits per heavy atom. The number of sulfonamides is 1. The number of methoxy groups -OCH3 is 2. The van der Waals surface area contributed by atoms with E-state index in [0.29, 0.717) is 25.1 Å². The van der Waals surface area contributed by atoms with E-state index >= 15 is 0 Å². The van der Waals surface area contributed by atoms with Crippen LogP contribution in [-0.2, 0) is 14.8 Å². The number of piperidine rings is 1. The number of hydrogen-bond acceptors (Lipinski definition) is 5. The van der Waals surface area contributed by atoms with Crippen LogP contribution in [0.5, 0.6) is 11.5 Å². The van der Waals surface area contributed by atoms with Crippen molar-refractivity contribution >= 4 is 15.9 Å². The summed E-state index contributed by atoms with van der Waals surface area (Å²) in [5.41, 5.74) is 1.01. The summed E-state index contributed by atoms with van der Waals surface area (Å²) in [6.45, 7) is 2.42. The lowest BCUT2D eigenvalue weighted by Crippen LogP contribution is -2.45. The molecule has 0 saturated carbocycles. The van der Waals surface area contributed by atoms with Crippen molar-refractivity contribution < 1.29 is 22.7 Å². The molecular weight excluding hydrogens is 404 g/mol. The molecule has 30 heavy (non-hydrogen) atoms. The Kier molecular flexibility index (Phi) is 6.99. The van der Waals surface area contributed by atoms with Gasteiger partial charge in [0.1, 0.15) is 16.4 Å². The SMILES string of the molecule is COc1ccc(OC)c(S(=O)(=O)N2CCC[C@H](C(=O)N[C@@H](C)c3ccccc3)C2)c1. The van der Waals surface area contributed by atoms with Crippen LogP contribution in [0, 0.1) is 5.92 Å². The van der Waals surface area contributed by atoms with E-state index in [1.165, 1.54) is 24.6 Å². The minimum Gasteiger partial charge on any atom is -0.497 e. The zero-order valence-electron chi connectivity index (χ0n) is 17.5. The highest BCUT2D eigenvalue weighted by Crippen LogP contribution is 2.32. The predicted octanol–water partition coefficient (Wildman–Crippen LogP) is 2.98. The van der Waals surface area contributed by atoms with Gasteiger partial charge in [-0.25, -0.2) is 8.42 Å². The van der Waals surface area contributed by atoms with Gasteiger partial charge in [-0.2, -0.15) is 4.31 Å². The molecule has 1 heterocycles. The number of hydrogen-bond donors (Lipinski definition) is 1. The lowest BCUT2D eigenvalue weighted by molar-refractivity contribution is -0.126. The summed E-state index contributed by atoms with van der Waals surface area (Å²) in [6, 6.07) is 14.2. The molecule has 0 bridgehead atoms. The average Bonchev–Trinajstić information content (AvgIpc) is 2.79. The number of nitrogens with one attached hydrogen (secondary N) is 1. The van der Waals surface area contributed by atoms with Gasteiger partial charge < -0.3 is 14.8 Å². The van der Waals surface area contributed by atoms with Crippen molar-refractivity contribution in [2.75, 3.05) is 27.3 Å². The number of amides is 1. The standard InChI is InChI=1S/C22H28N2O5S/c1-16(17-8-5-4-6-9-17)23-22(25)18-10-7-13-24(15-18)30(26,27)21-14-19(28-2)11-12-20(21)29-3/h4-6,8-9,11-12,14,16,18H,7,10,13,15H2,1-3H3,(H,23,25)/t16-,18-/m0/s1. The topological polar surface area (TPSA) is 84.9 Å². The fourth-order valence-corrected chi connectivity index (χ4v) is 5.35. The number of nitrogens with zero attached hydrogens (tertiary/aromatic N) is 1. The molecule has 1 N–H and O–H groups in total. The average molecular weight is 433 g/mol. The van der Waals surface area contributed by atoms with Crippen LogP contribution >= 0.6 is 0 Å². The van der Waals surface area contributed by atoms with Crippen molar-refractivity contribution in [2.24, 2.45) is 5.92 Å². The molecular formula is C22H28N2O5S. The van der Waals surface area contributed by atoms with Crippen molar-refractivity contribution in [2.45, 2.75) is 30.7 Å². The van der Waals surface area contributed by atoms with Gasteiger partial charge in [-0.3, -0.25) is 4.79 Å². The van der Waals surface area contributed by atoms with Gasteiger partial charge in [0.2, 0.25) is 15.9 Å². The van der Waals surface area contributed by atoms with Gasteiger partial charge in [-0.15, -0.1) is 0 Å². The molecule has 1 aliphatic rings. The Bertz CT molecular complexity index is 978. The van der Waals surface area contributed by atoms with Gasteiger partial charge in [0, 0.05) is 19.2 Å². The number of carbonyl (C=O) groups is 1. The van der Waals surface area contributed by atoms with Gasteiger partial charge in [0.15, 0.2) is 0 Å². The molecule has 2 atom stereocenters. The molecule has 0 aromatic heterocycles. The van der Waals surface area contributed by atoms with Gasteiger partial charge in [0.25, 0.3) is 0 Å². The van der Waals surface area contributed by atoms with E-state index in [9.17, 15) is 13.2 Å². The third-order valence-corrected chi connectivity index (χ3v) is 7.29. The number of benzene rings is 2. The third kappa shape index (κ3) is 4.76. The second kappa shape index (κ2) is 9.49. The van der Waals surface area contributed by atoms with E-state index < -0.39 is 15.9 Å². The molecule has 162 valence electrons. The van der Waals surface area contributed by atoms with Crippen LogP contribution in [0.1, 0.15) is 31.4 Å². The summed E-state index contributed by atoms with van der Waals surface area (Å²) in [6.07, 6.45) is 1.26. The zero-order valence-corrected chi connectivity index (χ0v) is 18.3. The van der Waals surface area contributed by atoms with E-state index in [0.717, 1.165) is 5.56 Å². The van der Waals surface area contributed by atoms with E-state index in [1.807, 2.05) is 37.3 Å². The molecule has 0 radical (unpaired) electrons. The van der Waals surface area contributed by atoms with E-state index in [2.05, 4.69) is 5.32 Å². The fourth-order valence-electron chi connectivity index (χ4n) is 3.66. The van der Waals surface area contributed by atoms with E-state index in [4.69, 9.17) is 9.47 Å². The highest BCUT2D eigenvalue weighted by molar-refractivity contribution is 7.89. The zero-order chi connectivity index (χ0) is 21.7. The Labute approximate surface area is 178 Å². The van der Waals surface area contributed by atoms with Crippen molar-refractivity contribution in [3.63, 3.8) is 0 Å². The summed E-state index contributed by atoms with van der Waals surface area (Å²) in [5, 5.41) is 3.01. The summed E-state index contributed by atoms with van der Waals surface area (Å²) in [7, 11) is -0.928. The second-order valence-corrected chi connectivity index (χ2v) is 9.27. The minimum atomic E-state index is -3.84. The van der Waals surface area contributed by atoms with Crippen LogP contribution in [0.2, 0.25) is 0 Å². The first-order valence-electron chi connectivity index (χ1n) is 9.94. The molecule has 1 fully saturated rings. The van der Waals surface area contributed by atoms with Gasteiger partial charge in [0.05, 0.1) is 26.2 Å². The Hall–Kier alpha value is -2.58. The molecule has 1 aliphatic heterocycles. The summed E-state index contributed by atoms with van der Waals surface area (Å²) >= 11 is 0. The van der Waals surface area contributed by atoms with Crippen LogP contribution in [0.4, 0.5) is 0 Å². The number of carbonyl (C=O) groups excluding carboxylic acids is 1. The monoisotopic (exact) mass is 432 g/mol. The molecule has 2 aromatic rings. The Balaban J connectivity index is 1.76. The molecule has 7 nitrogen and oxygen atoms in total. The maximum atomic E-state index is 13.3. The maximum absolute atomic E-state index is 13.3. The van der Waals surface area contributed by atoms with Crippen molar-refractivity contribution in [1.29, 1.82) is 0 Å². The first-order valence-corrected chi connectivity index (χ1v) is 11.4. The summed E-state index contributed by atoms with van der Waals surface area (Å²) < 4.78 is 38.4. The van der Waals surface area contributed by atoms with Crippen molar-refractivity contribution in [3.05, 3.63) is 54.1 Å². The van der Waals surface area contributed by atoms with Crippen LogP contribution in [-0.4, -0.2) is 45.9 Å². The van der Waals surface area contributed by atoms with Crippen LogP contribution in [0.25, 0.3) is 0 Å². The normalized spacial score (nSPS) is 18.4. The van der Waals surface area contributed by atoms with E-state index in [-0.39, 0.29) is 29.1 Å². The van der Waals surface area contributed by atoms with Crippen LogP contribution in [0.3, 0.4) is 0 Å². The predicted molar refractivity (Wildman–Crippen MR) is 114 cm³/mol. The van der Waals surface area contributed by atoms with E-state index in [1.54, 1.807) is 12.1 Å². The highest BCUT2D eigenvalue weighted by atomic mass is 32.2. The lowest BCUT2D eigenvalue weighted by Gasteiger charge is -2.32. The molecule has 2 aromatic carbocycles. The molecule has 0 unspecified atom stereocenters. The van der Waals surface area contributed by atoms with Crippen molar-refractivity contribution in [3.8, 4) is 11.5 Å². The van der Waals surface area contributed by atoms with Crippen LogP contribution < -0.4 is 14.8 Å². The minimum absolute atomic E-state index is 0.0445. The smallest absolute Gasteiger partial charge is 0.246 e. The maximum Gasteiger partial charge on any atom is 0.246 e.